The maximum atomic E-state index is 11.8. The van der Waals surface area contributed by atoms with Gasteiger partial charge in [0.2, 0.25) is 0 Å². The third-order valence-corrected chi connectivity index (χ3v) is 6.23. The van der Waals surface area contributed by atoms with E-state index in [-0.39, 0.29) is 18.1 Å². The van der Waals surface area contributed by atoms with E-state index in [9.17, 15) is 4.79 Å². The summed E-state index contributed by atoms with van der Waals surface area (Å²) in [6, 6.07) is 24.8. The van der Waals surface area contributed by atoms with E-state index in [4.69, 9.17) is 21.4 Å². The Labute approximate surface area is 203 Å². The number of nitrogens with one attached hydrogen (secondary N) is 1. The summed E-state index contributed by atoms with van der Waals surface area (Å²) in [6.07, 6.45) is 1.78. The minimum Gasteiger partial charge on any atom is -0.465 e. The number of pyridine rings is 1. The van der Waals surface area contributed by atoms with Crippen LogP contribution in [0.25, 0.3) is 11.3 Å². The predicted molar refractivity (Wildman–Crippen MR) is 135 cm³/mol. The Kier molecular flexibility index (Phi) is 5.86. The van der Waals surface area contributed by atoms with Crippen LogP contribution < -0.4 is 10.2 Å². The summed E-state index contributed by atoms with van der Waals surface area (Å²) in [5.41, 5.74) is 4.39. The average molecular weight is 470 g/mol. The number of hydrogen-bond donors (Lipinski definition) is 1. The highest BCUT2D eigenvalue weighted by atomic mass is 32.1. The van der Waals surface area contributed by atoms with Gasteiger partial charge in [0, 0.05) is 17.4 Å². The van der Waals surface area contributed by atoms with Gasteiger partial charge < -0.3 is 19.4 Å². The zero-order chi connectivity index (χ0) is 23.7. The molecule has 0 unspecified atom stereocenters. The standard InChI is InChI=1S/C27H23N3O3S/c1-17-6-12-20(13-7-17)30-25(24(29-27(30)34)21-5-3-4-16-28-21)23-15-14-22(33-23)18-8-10-19(11-9-18)26(31)32-2/h3-16,24-25H,1-2H3,(H,29,34)/t24-,25-/m0/s1. The van der Waals surface area contributed by atoms with E-state index in [1.807, 2.05) is 42.5 Å². The first kappa shape index (κ1) is 21.9. The van der Waals surface area contributed by atoms with Crippen molar-refractivity contribution in [3.63, 3.8) is 0 Å². The van der Waals surface area contributed by atoms with Gasteiger partial charge in [-0.15, -0.1) is 0 Å². The van der Waals surface area contributed by atoms with E-state index in [1.165, 1.54) is 12.7 Å². The van der Waals surface area contributed by atoms with Gasteiger partial charge in [-0.05, 0) is 67.7 Å². The van der Waals surface area contributed by atoms with Gasteiger partial charge in [-0.25, -0.2) is 4.79 Å². The van der Waals surface area contributed by atoms with Crippen molar-refractivity contribution in [2.45, 2.75) is 19.0 Å². The Morgan fingerprint density at radius 3 is 2.47 bits per heavy atom. The lowest BCUT2D eigenvalue weighted by molar-refractivity contribution is 0.0600. The largest absolute Gasteiger partial charge is 0.465 e. The number of ether oxygens (including phenoxy) is 1. The van der Waals surface area contributed by atoms with Gasteiger partial charge in [-0.1, -0.05) is 35.9 Å². The zero-order valence-electron chi connectivity index (χ0n) is 18.8. The van der Waals surface area contributed by atoms with Gasteiger partial charge in [0.05, 0.1) is 24.4 Å². The molecule has 0 saturated carbocycles. The summed E-state index contributed by atoms with van der Waals surface area (Å²) in [6.45, 7) is 2.06. The quantitative estimate of drug-likeness (QED) is 0.301. The molecule has 2 aromatic heterocycles. The topological polar surface area (TPSA) is 67.6 Å². The number of benzene rings is 2. The molecule has 4 aromatic rings. The summed E-state index contributed by atoms with van der Waals surface area (Å²) in [7, 11) is 1.37. The van der Waals surface area contributed by atoms with E-state index in [0.717, 1.165) is 22.7 Å². The fourth-order valence-electron chi connectivity index (χ4n) is 4.18. The predicted octanol–water partition coefficient (Wildman–Crippen LogP) is 5.61. The molecule has 0 aliphatic carbocycles. The number of aromatic nitrogens is 1. The lowest BCUT2D eigenvalue weighted by atomic mass is 10.0. The molecular formula is C27H23N3O3S. The van der Waals surface area contributed by atoms with Crippen LogP contribution in [-0.2, 0) is 4.74 Å². The number of aryl methyl sites for hydroxylation is 1. The van der Waals surface area contributed by atoms with Crippen molar-refractivity contribution in [3.05, 3.63) is 108 Å². The molecule has 1 saturated heterocycles. The number of hydrogen-bond acceptors (Lipinski definition) is 5. The maximum absolute atomic E-state index is 11.8. The summed E-state index contributed by atoms with van der Waals surface area (Å²) in [5.74, 6) is 1.09. The normalized spacial score (nSPS) is 17.5. The van der Waals surface area contributed by atoms with Crippen LogP contribution in [-0.4, -0.2) is 23.2 Å². The monoisotopic (exact) mass is 469 g/mol. The molecule has 1 N–H and O–H groups in total. The van der Waals surface area contributed by atoms with Gasteiger partial charge >= 0.3 is 5.97 Å². The van der Waals surface area contributed by atoms with Crippen molar-refractivity contribution in [2.75, 3.05) is 12.0 Å². The van der Waals surface area contributed by atoms with Gasteiger partial charge in [0.15, 0.2) is 5.11 Å². The molecule has 3 heterocycles. The first-order chi connectivity index (χ1) is 16.5. The third-order valence-electron chi connectivity index (χ3n) is 5.92. The second-order valence-electron chi connectivity index (χ2n) is 8.10. The minimum absolute atomic E-state index is 0.185. The van der Waals surface area contributed by atoms with Crippen molar-refractivity contribution in [2.24, 2.45) is 0 Å². The van der Waals surface area contributed by atoms with Crippen LogP contribution >= 0.6 is 12.2 Å². The molecule has 6 nitrogen and oxygen atoms in total. The minimum atomic E-state index is -0.371. The summed E-state index contributed by atoms with van der Waals surface area (Å²) in [4.78, 5) is 18.4. The van der Waals surface area contributed by atoms with Gasteiger partial charge in [-0.2, -0.15) is 0 Å². The summed E-state index contributed by atoms with van der Waals surface area (Å²) in [5, 5.41) is 4.06. The molecule has 7 heteroatoms. The molecule has 1 aliphatic rings. The number of rotatable bonds is 5. The van der Waals surface area contributed by atoms with E-state index in [2.05, 4.69) is 46.4 Å². The van der Waals surface area contributed by atoms with Gasteiger partial charge in [-0.3, -0.25) is 4.98 Å². The first-order valence-electron chi connectivity index (χ1n) is 10.9. The number of thiocarbonyl (C=S) groups is 1. The molecule has 0 bridgehead atoms. The Morgan fingerprint density at radius 2 is 1.79 bits per heavy atom. The maximum Gasteiger partial charge on any atom is 0.337 e. The van der Waals surface area contributed by atoms with Gasteiger partial charge in [0.1, 0.15) is 17.6 Å². The molecule has 34 heavy (non-hydrogen) atoms. The molecule has 5 rings (SSSR count). The van der Waals surface area contributed by atoms with Crippen LogP contribution in [0.15, 0.2) is 89.5 Å². The number of carbonyl (C=O) groups excluding carboxylic acids is 1. The van der Waals surface area contributed by atoms with E-state index < -0.39 is 0 Å². The fraction of sp³-hybridized carbons (Fsp3) is 0.148. The zero-order valence-corrected chi connectivity index (χ0v) is 19.6. The second-order valence-corrected chi connectivity index (χ2v) is 8.49. The number of furan rings is 1. The molecule has 0 radical (unpaired) electrons. The van der Waals surface area contributed by atoms with Crippen molar-refractivity contribution in [1.29, 1.82) is 0 Å². The van der Waals surface area contributed by atoms with Crippen LogP contribution in [0.3, 0.4) is 0 Å². The SMILES string of the molecule is COC(=O)c1ccc(-c2ccc([C@H]3[C@H](c4ccccn4)NC(=S)N3c3ccc(C)cc3)o2)cc1. The highest BCUT2D eigenvalue weighted by molar-refractivity contribution is 7.80. The number of methoxy groups -OCH3 is 1. The Hall–Kier alpha value is -3.97. The second kappa shape index (κ2) is 9.11. The summed E-state index contributed by atoms with van der Waals surface area (Å²) < 4.78 is 11.2. The van der Waals surface area contributed by atoms with E-state index >= 15 is 0 Å². The van der Waals surface area contributed by atoms with Crippen molar-refractivity contribution in [3.8, 4) is 11.3 Å². The molecule has 170 valence electrons. The van der Waals surface area contributed by atoms with Crippen LogP contribution in [0.2, 0.25) is 0 Å². The Morgan fingerprint density at radius 1 is 1.03 bits per heavy atom. The fourth-order valence-corrected chi connectivity index (χ4v) is 4.53. The molecule has 2 aromatic carbocycles. The molecular weight excluding hydrogens is 446 g/mol. The van der Waals surface area contributed by atoms with Crippen LogP contribution in [0, 0.1) is 6.92 Å². The molecule has 1 aliphatic heterocycles. The van der Waals surface area contributed by atoms with Crippen molar-refractivity contribution < 1.29 is 13.9 Å². The molecule has 0 amide bonds. The lowest BCUT2D eigenvalue weighted by Crippen LogP contribution is -2.29. The number of nitrogens with zero attached hydrogens (tertiary/aromatic N) is 2. The molecule has 0 spiro atoms. The first-order valence-corrected chi connectivity index (χ1v) is 11.3. The Bertz CT molecular complexity index is 1320. The van der Waals surface area contributed by atoms with Crippen LogP contribution in [0.5, 0.6) is 0 Å². The van der Waals surface area contributed by atoms with Crippen LogP contribution in [0.1, 0.15) is 39.5 Å². The highest BCUT2D eigenvalue weighted by Crippen LogP contribution is 2.42. The highest BCUT2D eigenvalue weighted by Gasteiger charge is 2.42. The van der Waals surface area contributed by atoms with Crippen LogP contribution in [0.4, 0.5) is 5.69 Å². The number of carbonyl (C=O) groups is 1. The van der Waals surface area contributed by atoms with Crippen molar-refractivity contribution >= 4 is 29.0 Å². The third kappa shape index (κ3) is 4.06. The molecule has 2 atom stereocenters. The summed E-state index contributed by atoms with van der Waals surface area (Å²) >= 11 is 5.76. The van der Waals surface area contributed by atoms with E-state index in [1.54, 1.807) is 18.3 Å². The Balaban J connectivity index is 1.54. The number of esters is 1. The number of anilines is 1. The average Bonchev–Trinajstić information content (AvgIpc) is 3.49. The van der Waals surface area contributed by atoms with Crippen molar-refractivity contribution in [1.82, 2.24) is 10.3 Å². The van der Waals surface area contributed by atoms with E-state index in [0.29, 0.717) is 16.4 Å². The smallest absolute Gasteiger partial charge is 0.337 e. The lowest BCUT2D eigenvalue weighted by Gasteiger charge is -2.26. The van der Waals surface area contributed by atoms with Gasteiger partial charge in [0.25, 0.3) is 0 Å². The molecule has 1 fully saturated rings.